The van der Waals surface area contributed by atoms with Gasteiger partial charge in [-0.05, 0) is 51.2 Å². The smallest absolute Gasteiger partial charge is 0.0626 e. The zero-order chi connectivity index (χ0) is 16.4. The van der Waals surface area contributed by atoms with E-state index >= 15 is 0 Å². The van der Waals surface area contributed by atoms with Gasteiger partial charge in [0, 0.05) is 5.92 Å². The minimum atomic E-state index is 0.0326. The molecule has 2 unspecified atom stereocenters. The first kappa shape index (κ1) is 20.0. The molecule has 22 heavy (non-hydrogen) atoms. The van der Waals surface area contributed by atoms with E-state index in [0.29, 0.717) is 5.92 Å². The zero-order valence-corrected chi connectivity index (χ0v) is 16.3. The molecule has 130 valence electrons. The fourth-order valence-corrected chi connectivity index (χ4v) is 3.64. The van der Waals surface area contributed by atoms with Gasteiger partial charge in [-0.2, -0.15) is 0 Å². The van der Waals surface area contributed by atoms with Crippen molar-refractivity contribution >= 4 is 17.2 Å². The first-order valence-electron chi connectivity index (χ1n) is 9.24. The molecule has 0 fully saturated rings. The van der Waals surface area contributed by atoms with Crippen LogP contribution in [0.15, 0.2) is 11.6 Å². The molecule has 0 N–H and O–H groups in total. The van der Waals surface area contributed by atoms with E-state index in [1.165, 1.54) is 68.5 Å². The van der Waals surface area contributed by atoms with Gasteiger partial charge in [-0.1, -0.05) is 57.1 Å². The van der Waals surface area contributed by atoms with Crippen molar-refractivity contribution in [2.24, 2.45) is 11.8 Å². The van der Waals surface area contributed by atoms with E-state index in [9.17, 15) is 0 Å². The summed E-state index contributed by atoms with van der Waals surface area (Å²) in [7, 11) is 0. The first-order valence-corrected chi connectivity index (χ1v) is 10.5. The van der Waals surface area contributed by atoms with Crippen LogP contribution in [-0.2, 0) is 4.74 Å². The van der Waals surface area contributed by atoms with Crippen LogP contribution in [0.4, 0.5) is 0 Å². The van der Waals surface area contributed by atoms with Crippen molar-refractivity contribution in [2.45, 2.75) is 84.7 Å². The number of hydrogen-bond donors (Lipinski definition) is 1. The van der Waals surface area contributed by atoms with E-state index in [0.717, 1.165) is 12.5 Å². The SMILES string of the molecule is C=[SH]CCC1=CC(COC(C)(C)CCCCCC)C(C)CC1. The summed E-state index contributed by atoms with van der Waals surface area (Å²) in [5.41, 5.74) is 1.67. The van der Waals surface area contributed by atoms with E-state index in [2.05, 4.69) is 39.6 Å². The molecule has 2 atom stereocenters. The van der Waals surface area contributed by atoms with Gasteiger partial charge in [-0.15, -0.1) is 0 Å². The van der Waals surface area contributed by atoms with Crippen molar-refractivity contribution in [3.05, 3.63) is 11.6 Å². The van der Waals surface area contributed by atoms with Crippen LogP contribution in [0.25, 0.3) is 0 Å². The standard InChI is InChI=1S/C20H38OS/c1-6-7-8-9-13-20(3,4)21-16-19-15-18(12-14-22-5)11-10-17(19)2/h15,17,19,22H,5-14,16H2,1-4H3. The molecule has 2 heteroatoms. The molecule has 0 aromatic carbocycles. The highest BCUT2D eigenvalue weighted by atomic mass is 32.1. The summed E-state index contributed by atoms with van der Waals surface area (Å²) in [6, 6.07) is 0. The Morgan fingerprint density at radius 3 is 2.77 bits per heavy atom. The second-order valence-corrected chi connectivity index (χ2v) is 8.48. The second-order valence-electron chi connectivity index (χ2n) is 7.58. The minimum Gasteiger partial charge on any atom is -0.375 e. The van der Waals surface area contributed by atoms with Crippen LogP contribution in [0.5, 0.6) is 0 Å². The molecule has 0 amide bonds. The van der Waals surface area contributed by atoms with Crippen molar-refractivity contribution in [1.82, 2.24) is 0 Å². The lowest BCUT2D eigenvalue weighted by molar-refractivity contribution is -0.0433. The first-order chi connectivity index (χ1) is 10.5. The van der Waals surface area contributed by atoms with Gasteiger partial charge in [0.1, 0.15) is 0 Å². The van der Waals surface area contributed by atoms with Crippen LogP contribution in [0.3, 0.4) is 0 Å². The predicted molar refractivity (Wildman–Crippen MR) is 104 cm³/mol. The molecule has 1 aliphatic carbocycles. The fourth-order valence-electron chi connectivity index (χ4n) is 3.19. The highest BCUT2D eigenvalue weighted by Crippen LogP contribution is 2.32. The lowest BCUT2D eigenvalue weighted by atomic mass is 9.81. The molecule has 0 saturated heterocycles. The van der Waals surface area contributed by atoms with Crippen molar-refractivity contribution in [3.8, 4) is 0 Å². The molecule has 1 rings (SSSR count). The summed E-state index contributed by atoms with van der Waals surface area (Å²) in [6.45, 7) is 10.1. The average Bonchev–Trinajstić information content (AvgIpc) is 2.49. The van der Waals surface area contributed by atoms with Gasteiger partial charge in [0.2, 0.25) is 0 Å². The van der Waals surface area contributed by atoms with Crippen LogP contribution >= 0.6 is 11.4 Å². The van der Waals surface area contributed by atoms with E-state index in [4.69, 9.17) is 4.74 Å². The number of allylic oxidation sites excluding steroid dienone is 1. The van der Waals surface area contributed by atoms with E-state index in [1.54, 1.807) is 5.57 Å². The van der Waals surface area contributed by atoms with Gasteiger partial charge in [-0.3, -0.25) is 0 Å². The lowest BCUT2D eigenvalue weighted by Gasteiger charge is -2.32. The van der Waals surface area contributed by atoms with Gasteiger partial charge >= 0.3 is 0 Å². The summed E-state index contributed by atoms with van der Waals surface area (Å²) >= 11 is 1.27. The van der Waals surface area contributed by atoms with Gasteiger partial charge in [0.15, 0.2) is 0 Å². The molecule has 0 heterocycles. The summed E-state index contributed by atoms with van der Waals surface area (Å²) in [5.74, 6) is 6.51. The Labute approximate surface area is 142 Å². The number of thiol groups is 1. The Bertz CT molecular complexity index is 346. The molecule has 0 aromatic heterocycles. The molecule has 0 saturated carbocycles. The molecular weight excluding hydrogens is 288 g/mol. The van der Waals surface area contributed by atoms with Crippen LogP contribution in [0, 0.1) is 11.8 Å². The maximum absolute atomic E-state index is 6.31. The number of rotatable bonds is 11. The van der Waals surface area contributed by atoms with Crippen molar-refractivity contribution in [2.75, 3.05) is 12.4 Å². The highest BCUT2D eigenvalue weighted by molar-refractivity contribution is 7.96. The quantitative estimate of drug-likeness (QED) is 0.212. The fraction of sp³-hybridized carbons (Fsp3) is 0.850. The topological polar surface area (TPSA) is 9.23 Å². The number of ether oxygens (including phenoxy) is 1. The maximum atomic E-state index is 6.31. The van der Waals surface area contributed by atoms with E-state index < -0.39 is 0 Å². The van der Waals surface area contributed by atoms with Gasteiger partial charge < -0.3 is 4.74 Å². The van der Waals surface area contributed by atoms with Crippen molar-refractivity contribution in [3.63, 3.8) is 0 Å². The van der Waals surface area contributed by atoms with Crippen LogP contribution in [-0.4, -0.2) is 23.8 Å². The Kier molecular flexibility index (Phi) is 9.66. The van der Waals surface area contributed by atoms with Crippen molar-refractivity contribution < 1.29 is 4.74 Å². The van der Waals surface area contributed by atoms with Crippen LogP contribution < -0.4 is 0 Å². The Morgan fingerprint density at radius 2 is 2.09 bits per heavy atom. The summed E-state index contributed by atoms with van der Waals surface area (Å²) in [6.07, 6.45) is 12.8. The lowest BCUT2D eigenvalue weighted by Crippen LogP contribution is -2.30. The van der Waals surface area contributed by atoms with Crippen molar-refractivity contribution in [1.29, 1.82) is 0 Å². The molecule has 1 aliphatic rings. The Hall–Kier alpha value is -0.0800. The third kappa shape index (κ3) is 7.97. The molecule has 0 radical (unpaired) electrons. The van der Waals surface area contributed by atoms with Crippen LogP contribution in [0.1, 0.15) is 79.1 Å². The van der Waals surface area contributed by atoms with Gasteiger partial charge in [-0.25, -0.2) is 11.4 Å². The molecule has 0 spiro atoms. The summed E-state index contributed by atoms with van der Waals surface area (Å²) in [5, 5.41) is 0. The number of unbranched alkanes of at least 4 members (excludes halogenated alkanes) is 3. The monoisotopic (exact) mass is 326 g/mol. The molecule has 0 bridgehead atoms. The predicted octanol–water partition coefficient (Wildman–Crippen LogP) is 6.01. The normalized spacial score (nSPS) is 22.6. The molecular formula is C20H38OS. The third-order valence-electron chi connectivity index (χ3n) is 4.99. The zero-order valence-electron chi connectivity index (χ0n) is 15.4. The third-order valence-corrected chi connectivity index (χ3v) is 5.53. The second kappa shape index (κ2) is 10.6. The van der Waals surface area contributed by atoms with E-state index in [-0.39, 0.29) is 5.60 Å². The summed E-state index contributed by atoms with van der Waals surface area (Å²) in [4.78, 5) is 0. The highest BCUT2D eigenvalue weighted by Gasteiger charge is 2.25. The van der Waals surface area contributed by atoms with Gasteiger partial charge in [0.05, 0.1) is 12.2 Å². The Morgan fingerprint density at radius 1 is 1.32 bits per heavy atom. The largest absolute Gasteiger partial charge is 0.375 e. The average molecular weight is 327 g/mol. The molecule has 0 aliphatic heterocycles. The molecule has 0 aromatic rings. The minimum absolute atomic E-state index is 0.0326. The summed E-state index contributed by atoms with van der Waals surface area (Å²) < 4.78 is 6.31. The number of hydrogen-bond acceptors (Lipinski definition) is 1. The Balaban J connectivity index is 2.41. The van der Waals surface area contributed by atoms with Crippen LogP contribution in [0.2, 0.25) is 0 Å². The maximum Gasteiger partial charge on any atom is 0.0626 e. The van der Waals surface area contributed by atoms with E-state index in [1.807, 2.05) is 0 Å². The van der Waals surface area contributed by atoms with Gasteiger partial charge in [0.25, 0.3) is 0 Å². The molecule has 1 nitrogen and oxygen atoms in total.